The highest BCUT2D eigenvalue weighted by Gasteiger charge is 2.45. The van der Waals surface area contributed by atoms with Gasteiger partial charge in [-0.25, -0.2) is 4.79 Å². The first kappa shape index (κ1) is 14.1. The van der Waals surface area contributed by atoms with E-state index in [9.17, 15) is 18.0 Å². The minimum atomic E-state index is -4.14. The van der Waals surface area contributed by atoms with E-state index in [4.69, 9.17) is 5.73 Å². The van der Waals surface area contributed by atoms with Crippen LogP contribution in [0.15, 0.2) is 0 Å². The minimum absolute atomic E-state index is 0.185. The van der Waals surface area contributed by atoms with Crippen LogP contribution >= 0.6 is 0 Å². The Morgan fingerprint density at radius 2 is 1.88 bits per heavy atom. The Morgan fingerprint density at radius 3 is 2.47 bits per heavy atom. The number of primary amides is 1. The number of amides is 2. The highest BCUT2D eigenvalue weighted by Crippen LogP contribution is 2.37. The summed E-state index contributed by atoms with van der Waals surface area (Å²) in [5.41, 5.74) is 4.85. The number of alkyl halides is 3. The molecule has 2 atom stereocenters. The summed E-state index contributed by atoms with van der Waals surface area (Å²) in [5, 5.41) is 5.18. The van der Waals surface area contributed by atoms with Gasteiger partial charge in [-0.1, -0.05) is 12.8 Å². The predicted molar refractivity (Wildman–Crippen MR) is 57.4 cm³/mol. The highest BCUT2D eigenvalue weighted by molar-refractivity contribution is 5.71. The molecule has 0 aromatic carbocycles. The molecule has 0 spiro atoms. The second-order valence-corrected chi connectivity index (χ2v) is 4.28. The molecule has 1 rings (SSSR count). The fourth-order valence-corrected chi connectivity index (χ4v) is 2.21. The first-order valence-electron chi connectivity index (χ1n) is 5.74. The number of nitrogens with two attached hydrogens (primary N) is 1. The number of nitrogens with one attached hydrogen (secondary N) is 2. The quantitative estimate of drug-likeness (QED) is 0.662. The number of carbonyl (C=O) groups is 1. The molecule has 4 nitrogen and oxygen atoms in total. The van der Waals surface area contributed by atoms with Crippen molar-refractivity contribution in [1.82, 2.24) is 10.6 Å². The van der Waals surface area contributed by atoms with Crippen molar-refractivity contribution >= 4 is 6.03 Å². The fraction of sp³-hybridized carbons (Fsp3) is 0.900. The molecule has 1 aliphatic carbocycles. The van der Waals surface area contributed by atoms with Gasteiger partial charge in [-0.15, -0.1) is 0 Å². The van der Waals surface area contributed by atoms with Crippen molar-refractivity contribution in [2.75, 3.05) is 13.1 Å². The van der Waals surface area contributed by atoms with Crippen molar-refractivity contribution in [3.05, 3.63) is 0 Å². The molecule has 7 heteroatoms. The Hall–Kier alpha value is -0.980. The van der Waals surface area contributed by atoms with Gasteiger partial charge in [0, 0.05) is 19.1 Å². The van der Waals surface area contributed by atoms with Crippen molar-refractivity contribution in [2.45, 2.75) is 37.9 Å². The molecule has 0 aromatic rings. The van der Waals surface area contributed by atoms with Crippen LogP contribution in [0, 0.1) is 5.92 Å². The van der Waals surface area contributed by atoms with Gasteiger partial charge in [0.15, 0.2) is 0 Å². The van der Waals surface area contributed by atoms with Crippen molar-refractivity contribution < 1.29 is 18.0 Å². The number of rotatable bonds is 4. The molecule has 0 radical (unpaired) electrons. The summed E-state index contributed by atoms with van der Waals surface area (Å²) in [4.78, 5) is 10.4. The summed E-state index contributed by atoms with van der Waals surface area (Å²) in [6, 6.07) is -1.21. The standard InChI is InChI=1S/C10H18F3N3O/c11-10(12,13)7-3-1-2-4-8(7)15-5-6-16-9(14)17/h7-8,15H,1-6H2,(H3,14,16,17). The van der Waals surface area contributed by atoms with Gasteiger partial charge in [0.25, 0.3) is 0 Å². The van der Waals surface area contributed by atoms with E-state index >= 15 is 0 Å². The lowest BCUT2D eigenvalue weighted by Gasteiger charge is -2.33. The Kier molecular flexibility index (Phi) is 5.04. The Morgan fingerprint density at radius 1 is 1.24 bits per heavy atom. The average Bonchev–Trinajstić information content (AvgIpc) is 2.23. The van der Waals surface area contributed by atoms with Gasteiger partial charge >= 0.3 is 12.2 Å². The molecule has 0 bridgehead atoms. The average molecular weight is 253 g/mol. The lowest BCUT2D eigenvalue weighted by atomic mass is 9.84. The van der Waals surface area contributed by atoms with Crippen LogP contribution in [0.3, 0.4) is 0 Å². The van der Waals surface area contributed by atoms with E-state index in [1.165, 1.54) is 0 Å². The van der Waals surface area contributed by atoms with Gasteiger partial charge in [-0.2, -0.15) is 13.2 Å². The van der Waals surface area contributed by atoms with E-state index in [2.05, 4.69) is 10.6 Å². The predicted octanol–water partition coefficient (Wildman–Crippen LogP) is 1.37. The summed E-state index contributed by atoms with van der Waals surface area (Å²) in [6.07, 6.45) is -1.99. The lowest BCUT2D eigenvalue weighted by Crippen LogP contribution is -2.47. The summed E-state index contributed by atoms with van der Waals surface area (Å²) in [5.74, 6) is -1.27. The third-order valence-corrected chi connectivity index (χ3v) is 3.02. The Labute approximate surface area is 98.1 Å². The fourth-order valence-electron chi connectivity index (χ4n) is 2.21. The van der Waals surface area contributed by atoms with Gasteiger partial charge in [-0.3, -0.25) is 0 Å². The van der Waals surface area contributed by atoms with Gasteiger partial charge < -0.3 is 16.4 Å². The zero-order chi connectivity index (χ0) is 12.9. The van der Waals surface area contributed by atoms with Crippen molar-refractivity contribution in [2.24, 2.45) is 11.7 Å². The molecule has 4 N–H and O–H groups in total. The van der Waals surface area contributed by atoms with Gasteiger partial charge in [0.1, 0.15) is 0 Å². The largest absolute Gasteiger partial charge is 0.393 e. The SMILES string of the molecule is NC(=O)NCCNC1CCCCC1C(F)(F)F. The Balaban J connectivity index is 2.35. The summed E-state index contributed by atoms with van der Waals surface area (Å²) < 4.78 is 38.1. The van der Waals surface area contributed by atoms with Crippen LogP contribution in [-0.4, -0.2) is 31.3 Å². The van der Waals surface area contributed by atoms with Crippen LogP contribution < -0.4 is 16.4 Å². The molecule has 0 aliphatic heterocycles. The first-order chi connectivity index (χ1) is 7.91. The molecule has 100 valence electrons. The van der Waals surface area contributed by atoms with E-state index in [1.54, 1.807) is 0 Å². The monoisotopic (exact) mass is 253 g/mol. The van der Waals surface area contributed by atoms with Crippen molar-refractivity contribution in [3.63, 3.8) is 0 Å². The first-order valence-corrected chi connectivity index (χ1v) is 5.74. The van der Waals surface area contributed by atoms with E-state index in [0.29, 0.717) is 19.4 Å². The van der Waals surface area contributed by atoms with Gasteiger partial charge in [-0.05, 0) is 12.8 Å². The van der Waals surface area contributed by atoms with Crippen LogP contribution in [0.1, 0.15) is 25.7 Å². The second kappa shape index (κ2) is 6.09. The zero-order valence-electron chi connectivity index (χ0n) is 9.52. The van der Waals surface area contributed by atoms with Gasteiger partial charge in [0.2, 0.25) is 0 Å². The molecule has 0 heterocycles. The maximum Gasteiger partial charge on any atom is 0.393 e. The van der Waals surface area contributed by atoms with Crippen LogP contribution in [-0.2, 0) is 0 Å². The molecule has 0 aromatic heterocycles. The molecule has 0 saturated heterocycles. The molecule has 2 amide bonds. The van der Waals surface area contributed by atoms with Crippen LogP contribution in [0.5, 0.6) is 0 Å². The highest BCUT2D eigenvalue weighted by atomic mass is 19.4. The normalized spacial score (nSPS) is 25.6. The smallest absolute Gasteiger partial charge is 0.352 e. The van der Waals surface area contributed by atoms with E-state index in [1.807, 2.05) is 0 Å². The third kappa shape index (κ3) is 4.80. The topological polar surface area (TPSA) is 67.2 Å². The van der Waals surface area contributed by atoms with Gasteiger partial charge in [0.05, 0.1) is 5.92 Å². The number of carbonyl (C=O) groups excluding carboxylic acids is 1. The van der Waals surface area contributed by atoms with E-state index in [0.717, 1.165) is 6.42 Å². The molecule has 17 heavy (non-hydrogen) atoms. The summed E-state index contributed by atoms with van der Waals surface area (Å²) in [7, 11) is 0. The number of hydrogen-bond acceptors (Lipinski definition) is 2. The second-order valence-electron chi connectivity index (χ2n) is 4.28. The van der Waals surface area contributed by atoms with Crippen LogP contribution in [0.25, 0.3) is 0 Å². The number of hydrogen-bond donors (Lipinski definition) is 3. The molecule has 1 fully saturated rings. The maximum atomic E-state index is 12.7. The lowest BCUT2D eigenvalue weighted by molar-refractivity contribution is -0.188. The van der Waals surface area contributed by atoms with Crippen molar-refractivity contribution in [1.29, 1.82) is 0 Å². The molecule has 1 aliphatic rings. The van der Waals surface area contributed by atoms with Crippen LogP contribution in [0.4, 0.5) is 18.0 Å². The molecular weight excluding hydrogens is 235 g/mol. The summed E-state index contributed by atoms with van der Waals surface area (Å²) >= 11 is 0. The molecular formula is C10H18F3N3O. The summed E-state index contributed by atoms with van der Waals surface area (Å²) in [6.45, 7) is 0.552. The van der Waals surface area contributed by atoms with E-state index < -0.39 is 24.2 Å². The third-order valence-electron chi connectivity index (χ3n) is 3.02. The minimum Gasteiger partial charge on any atom is -0.352 e. The number of urea groups is 1. The zero-order valence-corrected chi connectivity index (χ0v) is 9.52. The molecule has 1 saturated carbocycles. The molecule has 2 unspecified atom stereocenters. The Bertz CT molecular complexity index is 258. The number of halogens is 3. The van der Waals surface area contributed by atoms with Crippen LogP contribution in [0.2, 0.25) is 0 Å². The van der Waals surface area contributed by atoms with Crippen molar-refractivity contribution in [3.8, 4) is 0 Å². The maximum absolute atomic E-state index is 12.7. The van der Waals surface area contributed by atoms with E-state index in [-0.39, 0.29) is 13.0 Å².